The lowest BCUT2D eigenvalue weighted by Gasteiger charge is -2.05. The maximum absolute atomic E-state index is 11.4. The summed E-state index contributed by atoms with van der Waals surface area (Å²) >= 11 is 0. The Balaban J connectivity index is 2.30. The molecule has 114 valence electrons. The fourth-order valence-corrected chi connectivity index (χ4v) is 1.62. The molecule has 0 saturated carbocycles. The number of nitro benzene ring substituents is 1. The highest BCUT2D eigenvalue weighted by Gasteiger charge is 2.09. The molecule has 1 aromatic rings. The van der Waals surface area contributed by atoms with Crippen LogP contribution in [0.15, 0.2) is 24.3 Å². The molecule has 21 heavy (non-hydrogen) atoms. The summed E-state index contributed by atoms with van der Waals surface area (Å²) < 4.78 is 9.65. The van der Waals surface area contributed by atoms with Crippen LogP contribution in [-0.4, -0.2) is 30.1 Å². The van der Waals surface area contributed by atoms with E-state index >= 15 is 0 Å². The Labute approximate surface area is 122 Å². The van der Waals surface area contributed by atoms with E-state index < -0.39 is 16.9 Å². The van der Waals surface area contributed by atoms with E-state index in [1.807, 2.05) is 0 Å². The molecule has 0 heterocycles. The predicted molar refractivity (Wildman–Crippen MR) is 73.6 cm³/mol. The van der Waals surface area contributed by atoms with Crippen molar-refractivity contribution in [3.8, 4) is 0 Å². The molecule has 7 heteroatoms. The Morgan fingerprint density at radius 2 is 1.86 bits per heavy atom. The van der Waals surface area contributed by atoms with E-state index in [0.717, 1.165) is 0 Å². The highest BCUT2D eigenvalue weighted by Crippen LogP contribution is 2.13. The minimum absolute atomic E-state index is 0.00105. The first-order valence-electron chi connectivity index (χ1n) is 6.57. The van der Waals surface area contributed by atoms with Crippen molar-refractivity contribution in [1.82, 2.24) is 0 Å². The molecule has 1 rings (SSSR count). The van der Waals surface area contributed by atoms with Gasteiger partial charge in [0.2, 0.25) is 0 Å². The van der Waals surface area contributed by atoms with E-state index in [9.17, 15) is 19.7 Å². The van der Waals surface area contributed by atoms with Crippen molar-refractivity contribution >= 4 is 17.6 Å². The number of hydrogen-bond donors (Lipinski definition) is 0. The van der Waals surface area contributed by atoms with E-state index in [2.05, 4.69) is 0 Å². The first kappa shape index (κ1) is 16.6. The molecule has 0 aromatic heterocycles. The lowest BCUT2D eigenvalue weighted by atomic mass is 10.1. The van der Waals surface area contributed by atoms with Crippen molar-refractivity contribution in [3.63, 3.8) is 0 Å². The average molecular weight is 295 g/mol. The maximum Gasteiger partial charge on any atom is 0.306 e. The zero-order chi connectivity index (χ0) is 15.7. The minimum atomic E-state index is -0.492. The van der Waals surface area contributed by atoms with Crippen LogP contribution in [0.2, 0.25) is 0 Å². The van der Waals surface area contributed by atoms with Gasteiger partial charge in [-0.2, -0.15) is 0 Å². The number of hydrogen-bond acceptors (Lipinski definition) is 6. The summed E-state index contributed by atoms with van der Waals surface area (Å²) in [5.74, 6) is -0.929. The number of esters is 2. The third-order valence-corrected chi connectivity index (χ3v) is 2.61. The van der Waals surface area contributed by atoms with E-state index in [-0.39, 0.29) is 31.7 Å². The molecule has 0 atom stereocenters. The number of benzene rings is 1. The van der Waals surface area contributed by atoms with E-state index in [0.29, 0.717) is 12.0 Å². The van der Waals surface area contributed by atoms with Crippen molar-refractivity contribution in [1.29, 1.82) is 0 Å². The van der Waals surface area contributed by atoms with Crippen LogP contribution in [0.25, 0.3) is 0 Å². The largest absolute Gasteiger partial charge is 0.466 e. The molecule has 0 N–H and O–H groups in total. The number of ether oxygens (including phenoxy) is 2. The molecule has 0 saturated heterocycles. The van der Waals surface area contributed by atoms with Crippen LogP contribution in [-0.2, 0) is 25.5 Å². The summed E-state index contributed by atoms with van der Waals surface area (Å²) in [6, 6.07) is 6.14. The summed E-state index contributed by atoms with van der Waals surface area (Å²) in [5.41, 5.74) is 0.712. The molecular formula is C14H17NO6. The fourth-order valence-electron chi connectivity index (χ4n) is 1.62. The van der Waals surface area contributed by atoms with Gasteiger partial charge in [0.15, 0.2) is 0 Å². The molecule has 0 aliphatic heterocycles. The van der Waals surface area contributed by atoms with Crippen molar-refractivity contribution in [2.45, 2.75) is 26.2 Å². The van der Waals surface area contributed by atoms with E-state index in [1.165, 1.54) is 12.1 Å². The van der Waals surface area contributed by atoms with Crippen molar-refractivity contribution < 1.29 is 24.0 Å². The SMILES string of the molecule is CCOC(=O)CCC(=O)OCCc1cccc([N+](=O)[O-])c1. The smallest absolute Gasteiger partial charge is 0.306 e. The highest BCUT2D eigenvalue weighted by molar-refractivity contribution is 5.77. The Morgan fingerprint density at radius 1 is 1.19 bits per heavy atom. The summed E-state index contributed by atoms with van der Waals surface area (Å²) in [4.78, 5) is 32.6. The van der Waals surface area contributed by atoms with Crippen LogP contribution < -0.4 is 0 Å². The molecule has 7 nitrogen and oxygen atoms in total. The van der Waals surface area contributed by atoms with Crippen LogP contribution in [0.4, 0.5) is 5.69 Å². The van der Waals surface area contributed by atoms with Crippen LogP contribution in [0.3, 0.4) is 0 Å². The highest BCUT2D eigenvalue weighted by atomic mass is 16.6. The van der Waals surface area contributed by atoms with Gasteiger partial charge in [0.25, 0.3) is 5.69 Å². The van der Waals surface area contributed by atoms with Gasteiger partial charge in [-0.1, -0.05) is 12.1 Å². The quantitative estimate of drug-likeness (QED) is 0.413. The summed E-state index contributed by atoms with van der Waals surface area (Å²) in [7, 11) is 0. The second-order valence-electron chi connectivity index (χ2n) is 4.20. The zero-order valence-electron chi connectivity index (χ0n) is 11.7. The van der Waals surface area contributed by atoms with Gasteiger partial charge in [-0.15, -0.1) is 0 Å². The fraction of sp³-hybridized carbons (Fsp3) is 0.429. The molecule has 1 aromatic carbocycles. The molecule has 0 aliphatic carbocycles. The Hall–Kier alpha value is -2.44. The van der Waals surface area contributed by atoms with Crippen LogP contribution in [0.1, 0.15) is 25.3 Å². The number of nitrogens with zero attached hydrogens (tertiary/aromatic N) is 1. The normalized spacial score (nSPS) is 9.95. The Bertz CT molecular complexity index is 514. The summed E-state index contributed by atoms with van der Waals surface area (Å²) in [6.45, 7) is 2.08. The van der Waals surface area contributed by atoms with Gasteiger partial charge in [-0.3, -0.25) is 19.7 Å². The van der Waals surface area contributed by atoms with Gasteiger partial charge >= 0.3 is 11.9 Å². The third-order valence-electron chi connectivity index (χ3n) is 2.61. The average Bonchev–Trinajstić information content (AvgIpc) is 2.46. The number of nitro groups is 1. The molecular weight excluding hydrogens is 278 g/mol. The molecule has 0 unspecified atom stereocenters. The summed E-state index contributed by atoms with van der Waals surface area (Å²) in [6.07, 6.45) is 0.337. The Kier molecular flexibility index (Phi) is 6.86. The standard InChI is InChI=1S/C14H17NO6/c1-2-20-13(16)6-7-14(17)21-9-8-11-4-3-5-12(10-11)15(18)19/h3-5,10H,2,6-9H2,1H3. The zero-order valence-corrected chi connectivity index (χ0v) is 11.7. The lowest BCUT2D eigenvalue weighted by Crippen LogP contribution is -2.11. The number of rotatable bonds is 8. The Morgan fingerprint density at radius 3 is 2.48 bits per heavy atom. The first-order valence-corrected chi connectivity index (χ1v) is 6.57. The van der Waals surface area contributed by atoms with E-state index in [4.69, 9.17) is 9.47 Å². The van der Waals surface area contributed by atoms with Gasteiger partial charge in [0.1, 0.15) is 0 Å². The van der Waals surface area contributed by atoms with Crippen LogP contribution >= 0.6 is 0 Å². The van der Waals surface area contributed by atoms with Gasteiger partial charge in [0.05, 0.1) is 31.0 Å². The molecule has 0 spiro atoms. The van der Waals surface area contributed by atoms with Gasteiger partial charge in [0, 0.05) is 18.6 Å². The number of non-ortho nitro benzene ring substituents is 1. The second kappa shape index (κ2) is 8.68. The van der Waals surface area contributed by atoms with Gasteiger partial charge < -0.3 is 9.47 Å². The van der Waals surface area contributed by atoms with Crippen molar-refractivity contribution in [3.05, 3.63) is 39.9 Å². The first-order chi connectivity index (χ1) is 10.0. The molecule has 0 radical (unpaired) electrons. The predicted octanol–water partition coefficient (Wildman–Crippen LogP) is 2.02. The summed E-state index contributed by atoms with van der Waals surface area (Å²) in [5, 5.41) is 10.6. The molecule has 0 bridgehead atoms. The van der Waals surface area contributed by atoms with Crippen molar-refractivity contribution in [2.24, 2.45) is 0 Å². The topological polar surface area (TPSA) is 95.7 Å². The van der Waals surface area contributed by atoms with E-state index in [1.54, 1.807) is 19.1 Å². The maximum atomic E-state index is 11.4. The number of carbonyl (C=O) groups excluding carboxylic acids is 2. The van der Waals surface area contributed by atoms with Gasteiger partial charge in [-0.25, -0.2) is 0 Å². The molecule has 0 amide bonds. The monoisotopic (exact) mass is 295 g/mol. The van der Waals surface area contributed by atoms with Crippen LogP contribution in [0, 0.1) is 10.1 Å². The van der Waals surface area contributed by atoms with Gasteiger partial charge in [-0.05, 0) is 12.5 Å². The minimum Gasteiger partial charge on any atom is -0.466 e. The number of carbonyl (C=O) groups is 2. The van der Waals surface area contributed by atoms with Crippen LogP contribution in [0.5, 0.6) is 0 Å². The van der Waals surface area contributed by atoms with Crippen molar-refractivity contribution in [2.75, 3.05) is 13.2 Å². The molecule has 0 fully saturated rings. The molecule has 0 aliphatic rings. The third kappa shape index (κ3) is 6.51. The lowest BCUT2D eigenvalue weighted by molar-refractivity contribution is -0.384. The second-order valence-corrected chi connectivity index (χ2v) is 4.20.